The van der Waals surface area contributed by atoms with Crippen molar-refractivity contribution in [3.05, 3.63) is 72.8 Å². The lowest BCUT2D eigenvalue weighted by atomic mass is 10.1. The Morgan fingerprint density at radius 3 is 1.89 bits per heavy atom. The van der Waals surface area contributed by atoms with Gasteiger partial charge in [0.25, 0.3) is 0 Å². The quantitative estimate of drug-likeness (QED) is 0.393. The van der Waals surface area contributed by atoms with Crippen LogP contribution in [0.4, 0.5) is 0 Å². The van der Waals surface area contributed by atoms with Crippen molar-refractivity contribution in [2.45, 2.75) is 0 Å². The van der Waals surface area contributed by atoms with Gasteiger partial charge in [0, 0.05) is 0 Å². The third-order valence-electron chi connectivity index (χ3n) is 3.63. The highest BCUT2D eigenvalue weighted by Crippen LogP contribution is 2.37. The van der Waals surface area contributed by atoms with Gasteiger partial charge in [-0.15, -0.1) is 0 Å². The summed E-state index contributed by atoms with van der Waals surface area (Å²) in [5, 5.41) is 5.29. The fraction of sp³-hybridized carbons (Fsp3) is 0. The number of hydrogen-bond acceptors (Lipinski definition) is 0. The first-order chi connectivity index (χ1) is 8.93. The molecule has 0 spiro atoms. The van der Waals surface area contributed by atoms with Crippen LogP contribution in [0.15, 0.2) is 72.8 Å². The van der Waals surface area contributed by atoms with Gasteiger partial charge in [-0.25, -0.2) is 0 Å². The zero-order chi connectivity index (χ0) is 11.9. The summed E-state index contributed by atoms with van der Waals surface area (Å²) >= 11 is 0. The van der Waals surface area contributed by atoms with Crippen LogP contribution in [0.1, 0.15) is 0 Å². The monoisotopic (exact) mass is 228 g/mol. The minimum Gasteiger partial charge on any atom is -0.0616 e. The van der Waals surface area contributed by atoms with Crippen LogP contribution in [0, 0.1) is 0 Å². The molecule has 0 unspecified atom stereocenters. The summed E-state index contributed by atoms with van der Waals surface area (Å²) in [4.78, 5) is 0. The zero-order valence-electron chi connectivity index (χ0n) is 9.93. The number of fused-ring (bicyclic) bond motifs is 5. The Morgan fingerprint density at radius 1 is 0.444 bits per heavy atom. The minimum absolute atomic E-state index is 1.29. The highest BCUT2D eigenvalue weighted by Gasteiger charge is 2.10. The van der Waals surface area contributed by atoms with Crippen molar-refractivity contribution >= 4 is 21.5 Å². The standard InChI is InChI=1S/C18H12/c1-3-9-15-13(6-1)8-5-11-17-16-10-4-2-7-14(16)12-18(15)17/h1-12H. The Labute approximate surface area is 106 Å². The number of hydrogen-bond donors (Lipinski definition) is 0. The van der Waals surface area contributed by atoms with Crippen molar-refractivity contribution in [3.8, 4) is 11.1 Å². The molecule has 0 heterocycles. The molecule has 0 radical (unpaired) electrons. The van der Waals surface area contributed by atoms with Crippen LogP contribution in [0.5, 0.6) is 0 Å². The van der Waals surface area contributed by atoms with E-state index in [0.717, 1.165) is 0 Å². The minimum atomic E-state index is 1.29. The van der Waals surface area contributed by atoms with Crippen LogP contribution in [0.3, 0.4) is 0 Å². The van der Waals surface area contributed by atoms with Crippen molar-refractivity contribution in [2.24, 2.45) is 0 Å². The topological polar surface area (TPSA) is 0 Å². The zero-order valence-corrected chi connectivity index (χ0v) is 9.93. The van der Waals surface area contributed by atoms with E-state index in [-0.39, 0.29) is 0 Å². The molecule has 0 amide bonds. The van der Waals surface area contributed by atoms with Crippen LogP contribution in [-0.4, -0.2) is 0 Å². The van der Waals surface area contributed by atoms with Gasteiger partial charge in [0.1, 0.15) is 0 Å². The van der Waals surface area contributed by atoms with Gasteiger partial charge < -0.3 is 0 Å². The van der Waals surface area contributed by atoms with Gasteiger partial charge in [-0.1, -0.05) is 66.7 Å². The molecule has 0 saturated heterocycles. The third-order valence-corrected chi connectivity index (χ3v) is 3.63. The van der Waals surface area contributed by atoms with E-state index in [2.05, 4.69) is 72.8 Å². The lowest BCUT2D eigenvalue weighted by Gasteiger charge is -1.98. The molecule has 2 aromatic rings. The average Bonchev–Trinajstić information content (AvgIpc) is 2.69. The van der Waals surface area contributed by atoms with Gasteiger partial charge in [0.2, 0.25) is 0 Å². The first-order valence-electron chi connectivity index (χ1n) is 6.23. The summed E-state index contributed by atoms with van der Waals surface area (Å²) in [5.41, 5.74) is 2.68. The molecule has 0 N–H and O–H groups in total. The molecular formula is C18H12. The summed E-state index contributed by atoms with van der Waals surface area (Å²) in [6.07, 6.45) is 0. The van der Waals surface area contributed by atoms with E-state index in [9.17, 15) is 0 Å². The molecule has 0 atom stereocenters. The van der Waals surface area contributed by atoms with Gasteiger partial charge in [-0.05, 0) is 38.7 Å². The van der Waals surface area contributed by atoms with Crippen molar-refractivity contribution in [1.29, 1.82) is 0 Å². The smallest absolute Gasteiger partial charge is 0.00930 e. The van der Waals surface area contributed by atoms with E-state index in [1.54, 1.807) is 0 Å². The van der Waals surface area contributed by atoms with Crippen LogP contribution in [-0.2, 0) is 0 Å². The summed E-state index contributed by atoms with van der Waals surface area (Å²) in [6, 6.07) is 26.0. The van der Waals surface area contributed by atoms with E-state index in [4.69, 9.17) is 0 Å². The second-order valence-corrected chi connectivity index (χ2v) is 4.67. The van der Waals surface area contributed by atoms with Crippen LogP contribution < -0.4 is 0 Å². The van der Waals surface area contributed by atoms with Crippen molar-refractivity contribution in [3.63, 3.8) is 0 Å². The second-order valence-electron chi connectivity index (χ2n) is 4.67. The predicted octanol–water partition coefficient (Wildman–Crippen LogP) is 5.10. The maximum absolute atomic E-state index is 2.30. The van der Waals surface area contributed by atoms with E-state index < -0.39 is 0 Å². The maximum atomic E-state index is 2.30. The van der Waals surface area contributed by atoms with Crippen molar-refractivity contribution in [1.82, 2.24) is 0 Å². The molecule has 2 aromatic carbocycles. The average molecular weight is 228 g/mol. The molecule has 84 valence electrons. The van der Waals surface area contributed by atoms with Gasteiger partial charge >= 0.3 is 0 Å². The van der Waals surface area contributed by atoms with Crippen LogP contribution >= 0.6 is 0 Å². The molecule has 0 heteroatoms. The predicted molar refractivity (Wildman–Crippen MR) is 78.1 cm³/mol. The largest absolute Gasteiger partial charge is 0.0616 e. The molecule has 18 heavy (non-hydrogen) atoms. The summed E-state index contributed by atoms with van der Waals surface area (Å²) < 4.78 is 0. The molecular weight excluding hydrogens is 216 g/mol. The molecule has 0 aromatic heterocycles. The maximum Gasteiger partial charge on any atom is -0.00930 e. The second kappa shape index (κ2) is 3.58. The third kappa shape index (κ3) is 1.26. The highest BCUT2D eigenvalue weighted by atomic mass is 14.1. The van der Waals surface area contributed by atoms with Crippen LogP contribution in [0.2, 0.25) is 0 Å². The van der Waals surface area contributed by atoms with E-state index in [1.807, 2.05) is 0 Å². The van der Waals surface area contributed by atoms with Crippen LogP contribution in [0.25, 0.3) is 32.7 Å². The number of rotatable bonds is 0. The van der Waals surface area contributed by atoms with E-state index in [1.165, 1.54) is 32.7 Å². The normalized spacial score (nSPS) is 11.3. The van der Waals surface area contributed by atoms with E-state index >= 15 is 0 Å². The van der Waals surface area contributed by atoms with Crippen molar-refractivity contribution < 1.29 is 0 Å². The highest BCUT2D eigenvalue weighted by molar-refractivity contribution is 6.10. The molecule has 0 saturated carbocycles. The Kier molecular flexibility index (Phi) is 1.92. The first kappa shape index (κ1) is 9.67. The first-order valence-corrected chi connectivity index (χ1v) is 6.23. The molecule has 4 rings (SSSR count). The Hall–Kier alpha value is -2.34. The lowest BCUT2D eigenvalue weighted by Crippen LogP contribution is -1.71. The lowest BCUT2D eigenvalue weighted by molar-refractivity contribution is 1.81. The molecule has 0 bridgehead atoms. The van der Waals surface area contributed by atoms with Gasteiger partial charge in [0.05, 0.1) is 0 Å². The fourth-order valence-electron chi connectivity index (χ4n) is 2.78. The molecule has 2 aliphatic carbocycles. The van der Waals surface area contributed by atoms with Gasteiger partial charge in [0.15, 0.2) is 0 Å². The summed E-state index contributed by atoms with van der Waals surface area (Å²) in [5.74, 6) is 0. The Balaban J connectivity index is 2.28. The Bertz CT molecular complexity index is 827. The summed E-state index contributed by atoms with van der Waals surface area (Å²) in [6.45, 7) is 0. The fourth-order valence-corrected chi connectivity index (χ4v) is 2.78. The molecule has 0 nitrogen and oxygen atoms in total. The molecule has 0 fully saturated rings. The Morgan fingerprint density at radius 2 is 1.06 bits per heavy atom. The SMILES string of the molecule is c1ccc2c3cc4ccccc4c-3cccc2c1. The summed E-state index contributed by atoms with van der Waals surface area (Å²) in [7, 11) is 0. The van der Waals surface area contributed by atoms with Gasteiger partial charge in [-0.2, -0.15) is 0 Å². The van der Waals surface area contributed by atoms with Gasteiger partial charge in [-0.3, -0.25) is 0 Å². The molecule has 0 aliphatic heterocycles. The van der Waals surface area contributed by atoms with E-state index in [0.29, 0.717) is 0 Å². The van der Waals surface area contributed by atoms with Crippen molar-refractivity contribution in [2.75, 3.05) is 0 Å². The molecule has 2 aliphatic rings. The number of benzene rings is 2.